The number of carbonyl (C=O) groups is 4. The fourth-order valence-corrected chi connectivity index (χ4v) is 2.98. The summed E-state index contributed by atoms with van der Waals surface area (Å²) < 4.78 is 0. The molecule has 0 spiro atoms. The topological polar surface area (TPSA) is 208 Å². The molecule has 3 amide bonds. The van der Waals surface area contributed by atoms with E-state index < -0.39 is 47.9 Å². The molecule has 0 aliphatic rings. The summed E-state index contributed by atoms with van der Waals surface area (Å²) in [4.78, 5) is 62.8. The Labute approximate surface area is 190 Å². The minimum atomic E-state index is -1.21. The van der Waals surface area contributed by atoms with Gasteiger partial charge in [0.1, 0.15) is 18.1 Å². The lowest BCUT2D eigenvalue weighted by Crippen LogP contribution is -2.58. The minimum Gasteiger partial charge on any atom is -0.480 e. The molecule has 0 bridgehead atoms. The van der Waals surface area contributed by atoms with Gasteiger partial charge in [-0.3, -0.25) is 19.2 Å². The molecule has 0 aliphatic carbocycles. The van der Waals surface area contributed by atoms with Crippen molar-refractivity contribution in [3.05, 3.63) is 36.4 Å². The van der Waals surface area contributed by atoms with Crippen molar-refractivity contribution in [2.24, 2.45) is 11.7 Å². The van der Waals surface area contributed by atoms with E-state index in [1.807, 2.05) is 0 Å². The highest BCUT2D eigenvalue weighted by Gasteiger charge is 2.31. The summed E-state index contributed by atoms with van der Waals surface area (Å²) in [5, 5.41) is 16.7. The quantitative estimate of drug-likeness (QED) is 0.196. The number of rotatable bonds is 12. The van der Waals surface area contributed by atoms with Crippen molar-refractivity contribution in [1.29, 1.82) is 0 Å². The van der Waals surface area contributed by atoms with Gasteiger partial charge in [0.15, 0.2) is 0 Å². The Morgan fingerprint density at radius 1 is 0.909 bits per heavy atom. The monoisotopic (exact) mass is 462 g/mol. The van der Waals surface area contributed by atoms with E-state index in [1.165, 1.54) is 25.8 Å². The molecule has 180 valence electrons. The van der Waals surface area contributed by atoms with Crippen LogP contribution in [0, 0.1) is 5.92 Å². The maximum absolute atomic E-state index is 13.0. The van der Waals surface area contributed by atoms with Gasteiger partial charge in [0.2, 0.25) is 17.7 Å². The third kappa shape index (κ3) is 7.71. The number of aromatic nitrogens is 4. The molecule has 13 heteroatoms. The maximum Gasteiger partial charge on any atom is 0.325 e. The van der Waals surface area contributed by atoms with Gasteiger partial charge in [-0.1, -0.05) is 13.8 Å². The van der Waals surface area contributed by atoms with Gasteiger partial charge in [0, 0.05) is 36.6 Å². The number of aromatic amines is 2. The van der Waals surface area contributed by atoms with Crippen LogP contribution in [-0.2, 0) is 32.0 Å². The lowest BCUT2D eigenvalue weighted by molar-refractivity contribution is -0.141. The van der Waals surface area contributed by atoms with E-state index in [2.05, 4.69) is 35.9 Å². The SMILES string of the molecule is CC(NC(=O)C(Cc1cnc[nH]1)NC(=O)C(NC(=O)C(N)Cc1cnc[nH]1)C(C)C)C(=O)O. The number of hydrogen-bond donors (Lipinski definition) is 7. The number of carboxylic acid groups (broad SMARTS) is 1. The van der Waals surface area contributed by atoms with Gasteiger partial charge in [-0.2, -0.15) is 0 Å². The molecule has 2 heterocycles. The van der Waals surface area contributed by atoms with E-state index in [0.29, 0.717) is 11.4 Å². The molecule has 0 radical (unpaired) electrons. The predicted molar refractivity (Wildman–Crippen MR) is 116 cm³/mol. The van der Waals surface area contributed by atoms with Crippen LogP contribution >= 0.6 is 0 Å². The normalized spacial score (nSPS) is 14.7. The van der Waals surface area contributed by atoms with Gasteiger partial charge in [-0.15, -0.1) is 0 Å². The van der Waals surface area contributed by atoms with Crippen LogP contribution in [-0.4, -0.2) is 72.9 Å². The Hall–Kier alpha value is -3.74. The summed E-state index contributed by atoms with van der Waals surface area (Å²) in [6.45, 7) is 4.79. The largest absolute Gasteiger partial charge is 0.480 e. The fourth-order valence-electron chi connectivity index (χ4n) is 2.98. The van der Waals surface area contributed by atoms with E-state index in [4.69, 9.17) is 10.8 Å². The van der Waals surface area contributed by atoms with Crippen molar-refractivity contribution < 1.29 is 24.3 Å². The molecule has 2 rings (SSSR count). The van der Waals surface area contributed by atoms with Crippen LogP contribution in [0.4, 0.5) is 0 Å². The maximum atomic E-state index is 13.0. The third-order valence-corrected chi connectivity index (χ3v) is 4.92. The Kier molecular flexibility index (Phi) is 9.09. The zero-order chi connectivity index (χ0) is 24.5. The number of amides is 3. The molecule has 0 aromatic carbocycles. The molecule has 2 aromatic heterocycles. The number of nitrogens with one attached hydrogen (secondary N) is 5. The summed E-state index contributed by atoms with van der Waals surface area (Å²) in [5.74, 6) is -3.35. The molecule has 4 unspecified atom stereocenters. The van der Waals surface area contributed by atoms with Crippen molar-refractivity contribution in [2.75, 3.05) is 0 Å². The number of nitrogens with zero attached hydrogens (tertiary/aromatic N) is 2. The number of H-pyrrole nitrogens is 2. The van der Waals surface area contributed by atoms with Crippen LogP contribution in [0.5, 0.6) is 0 Å². The first-order chi connectivity index (χ1) is 15.6. The molecule has 0 saturated carbocycles. The summed E-state index contributed by atoms with van der Waals surface area (Å²) >= 11 is 0. The number of carboxylic acids is 1. The molecular formula is C20H30N8O5. The first kappa shape index (κ1) is 25.5. The van der Waals surface area contributed by atoms with Gasteiger partial charge in [-0.05, 0) is 12.8 Å². The summed E-state index contributed by atoms with van der Waals surface area (Å²) in [6.07, 6.45) is 6.18. The fraction of sp³-hybridized carbons (Fsp3) is 0.500. The van der Waals surface area contributed by atoms with Crippen molar-refractivity contribution in [1.82, 2.24) is 35.9 Å². The first-order valence-corrected chi connectivity index (χ1v) is 10.4. The van der Waals surface area contributed by atoms with E-state index in [-0.39, 0.29) is 18.8 Å². The number of aliphatic carboxylic acids is 1. The lowest BCUT2D eigenvalue weighted by atomic mass is 10.0. The van der Waals surface area contributed by atoms with Crippen molar-refractivity contribution >= 4 is 23.7 Å². The average Bonchev–Trinajstić information content (AvgIpc) is 3.44. The predicted octanol–water partition coefficient (Wildman–Crippen LogP) is -1.54. The first-order valence-electron chi connectivity index (χ1n) is 10.4. The van der Waals surface area contributed by atoms with Crippen molar-refractivity contribution in [3.63, 3.8) is 0 Å². The van der Waals surface area contributed by atoms with E-state index in [1.54, 1.807) is 20.0 Å². The van der Waals surface area contributed by atoms with Crippen LogP contribution in [0.2, 0.25) is 0 Å². The van der Waals surface area contributed by atoms with Crippen LogP contribution in [0.25, 0.3) is 0 Å². The van der Waals surface area contributed by atoms with Gasteiger partial charge in [0.05, 0.1) is 18.7 Å². The second kappa shape index (κ2) is 11.8. The number of imidazole rings is 2. The van der Waals surface area contributed by atoms with E-state index in [0.717, 1.165) is 0 Å². The van der Waals surface area contributed by atoms with Gasteiger partial charge in [0.25, 0.3) is 0 Å². The Morgan fingerprint density at radius 2 is 1.48 bits per heavy atom. The summed E-state index contributed by atoms with van der Waals surface area (Å²) in [5.41, 5.74) is 7.19. The summed E-state index contributed by atoms with van der Waals surface area (Å²) in [6, 6.07) is -4.14. The molecule has 33 heavy (non-hydrogen) atoms. The Bertz CT molecular complexity index is 928. The van der Waals surface area contributed by atoms with Gasteiger partial charge < -0.3 is 36.8 Å². The highest BCUT2D eigenvalue weighted by atomic mass is 16.4. The third-order valence-electron chi connectivity index (χ3n) is 4.92. The van der Waals surface area contributed by atoms with Crippen LogP contribution in [0.3, 0.4) is 0 Å². The lowest BCUT2D eigenvalue weighted by Gasteiger charge is -2.26. The van der Waals surface area contributed by atoms with Crippen molar-refractivity contribution in [2.45, 2.75) is 57.8 Å². The molecule has 13 nitrogen and oxygen atoms in total. The van der Waals surface area contributed by atoms with Crippen LogP contribution in [0.1, 0.15) is 32.2 Å². The molecular weight excluding hydrogens is 432 g/mol. The second-order valence-corrected chi connectivity index (χ2v) is 8.03. The van der Waals surface area contributed by atoms with Gasteiger partial charge in [-0.25, -0.2) is 9.97 Å². The Morgan fingerprint density at radius 3 is 1.97 bits per heavy atom. The molecule has 2 aromatic rings. The Balaban J connectivity index is 2.09. The second-order valence-electron chi connectivity index (χ2n) is 8.03. The molecule has 0 fully saturated rings. The van der Waals surface area contributed by atoms with Crippen LogP contribution < -0.4 is 21.7 Å². The molecule has 8 N–H and O–H groups in total. The van der Waals surface area contributed by atoms with Crippen LogP contribution in [0.15, 0.2) is 25.0 Å². The van der Waals surface area contributed by atoms with Crippen molar-refractivity contribution in [3.8, 4) is 0 Å². The summed E-state index contributed by atoms with van der Waals surface area (Å²) in [7, 11) is 0. The highest BCUT2D eigenvalue weighted by molar-refractivity contribution is 5.94. The molecule has 0 saturated heterocycles. The van der Waals surface area contributed by atoms with E-state index >= 15 is 0 Å². The molecule has 4 atom stereocenters. The zero-order valence-corrected chi connectivity index (χ0v) is 18.7. The average molecular weight is 463 g/mol. The number of hydrogen-bond acceptors (Lipinski definition) is 7. The van der Waals surface area contributed by atoms with Gasteiger partial charge >= 0.3 is 5.97 Å². The number of nitrogens with two attached hydrogens (primary N) is 1. The standard InChI is InChI=1S/C20H30N8O5/c1-10(2)16(28-17(29)14(21)4-12-6-22-8-24-12)19(31)27-15(5-13-7-23-9-25-13)18(30)26-11(3)20(32)33/h6-11,14-16H,4-5,21H2,1-3H3,(H,22,24)(H,23,25)(H,26,30)(H,27,31)(H,28,29)(H,32,33). The minimum absolute atomic E-state index is 0.0437. The zero-order valence-electron chi connectivity index (χ0n) is 18.7. The molecule has 0 aliphatic heterocycles. The highest BCUT2D eigenvalue weighted by Crippen LogP contribution is 2.07. The van der Waals surface area contributed by atoms with E-state index in [9.17, 15) is 19.2 Å². The number of carbonyl (C=O) groups excluding carboxylic acids is 3. The smallest absolute Gasteiger partial charge is 0.325 e.